The van der Waals surface area contributed by atoms with E-state index in [4.69, 9.17) is 24.3 Å². The van der Waals surface area contributed by atoms with E-state index in [9.17, 15) is 19.0 Å². The topological polar surface area (TPSA) is 134 Å². The molecule has 0 rings (SSSR count). The molecule has 0 saturated carbocycles. The number of esters is 2. The molecule has 0 radical (unpaired) electrons. The van der Waals surface area contributed by atoms with Crippen LogP contribution in [0.3, 0.4) is 0 Å². The minimum Gasteiger partial charge on any atom is -0.462 e. The highest BCUT2D eigenvalue weighted by Gasteiger charge is 2.26. The quantitative estimate of drug-likeness (QED) is 0.0264. The molecular weight excluding hydrogens is 1240 g/mol. The third-order valence-corrected chi connectivity index (χ3v) is 17.5. The zero-order valence-electron chi connectivity index (χ0n) is 63.2. The smallest absolute Gasteiger partial charge is 0.462 e. The zero-order chi connectivity index (χ0) is 71.5. The first kappa shape index (κ1) is 93.8. The van der Waals surface area contributed by atoms with Crippen LogP contribution < -0.4 is 5.73 Å². The Balaban J connectivity index is 3.90. The molecule has 2 unspecified atom stereocenters. The Bertz CT molecular complexity index is 2340. The maximum absolute atomic E-state index is 12.8. The van der Waals surface area contributed by atoms with Gasteiger partial charge in [0.25, 0.3) is 0 Å². The van der Waals surface area contributed by atoms with Gasteiger partial charge in [-0.15, -0.1) is 0 Å². The summed E-state index contributed by atoms with van der Waals surface area (Å²) in [5, 5.41) is 0. The summed E-state index contributed by atoms with van der Waals surface area (Å²) in [5.74, 6) is -0.834. The Kier molecular flexibility index (Phi) is 77.6. The fourth-order valence-electron chi connectivity index (χ4n) is 10.7. The van der Waals surface area contributed by atoms with Crippen LogP contribution in [0, 0.1) is 0 Å². The van der Waals surface area contributed by atoms with E-state index in [1.807, 2.05) is 0 Å². The number of phosphoric ester groups is 1. The van der Waals surface area contributed by atoms with Crippen LogP contribution in [0.2, 0.25) is 0 Å². The Morgan fingerprint density at radius 2 is 0.525 bits per heavy atom. The van der Waals surface area contributed by atoms with E-state index >= 15 is 0 Å². The monoisotopic (exact) mass is 1390 g/mol. The van der Waals surface area contributed by atoms with Gasteiger partial charge in [0.15, 0.2) is 6.10 Å². The predicted octanol–water partition coefficient (Wildman–Crippen LogP) is 27.2. The Morgan fingerprint density at radius 1 is 0.303 bits per heavy atom. The maximum Gasteiger partial charge on any atom is 0.472 e. The van der Waals surface area contributed by atoms with Crippen LogP contribution in [0.25, 0.3) is 0 Å². The van der Waals surface area contributed by atoms with E-state index in [1.54, 1.807) is 0 Å². The van der Waals surface area contributed by atoms with E-state index in [1.165, 1.54) is 141 Å². The first-order valence-corrected chi connectivity index (χ1v) is 41.4. The molecule has 0 heterocycles. The molecule has 0 aliphatic rings. The van der Waals surface area contributed by atoms with E-state index in [0.29, 0.717) is 6.42 Å². The number of carbonyl (C=O) groups is 2. The van der Waals surface area contributed by atoms with Gasteiger partial charge in [-0.2, -0.15) is 0 Å². The fourth-order valence-corrected chi connectivity index (χ4v) is 11.4. The summed E-state index contributed by atoms with van der Waals surface area (Å²) in [5.41, 5.74) is 5.41. The highest BCUT2D eigenvalue weighted by atomic mass is 31.2. The zero-order valence-corrected chi connectivity index (χ0v) is 64.0. The Morgan fingerprint density at radius 3 is 0.778 bits per heavy atom. The number of unbranched alkanes of at least 4 members (excludes halogenated alkanes) is 28. The predicted molar refractivity (Wildman–Crippen MR) is 431 cm³/mol. The van der Waals surface area contributed by atoms with Gasteiger partial charge in [-0.1, -0.05) is 362 Å². The van der Waals surface area contributed by atoms with E-state index in [0.717, 1.165) is 148 Å². The second-order valence-corrected chi connectivity index (χ2v) is 27.3. The molecule has 10 heteroatoms. The molecule has 0 aromatic heterocycles. The summed E-state index contributed by atoms with van der Waals surface area (Å²) in [6.45, 7) is 3.52. The molecule has 0 aromatic carbocycles. The van der Waals surface area contributed by atoms with Crippen LogP contribution in [0.1, 0.15) is 322 Å². The van der Waals surface area contributed by atoms with Crippen molar-refractivity contribution >= 4 is 19.8 Å². The highest BCUT2D eigenvalue weighted by molar-refractivity contribution is 7.47. The van der Waals surface area contributed by atoms with Gasteiger partial charge in [-0.05, 0) is 141 Å². The van der Waals surface area contributed by atoms with Gasteiger partial charge in [0.2, 0.25) is 0 Å². The van der Waals surface area contributed by atoms with Gasteiger partial charge in [-0.3, -0.25) is 18.6 Å². The first-order valence-electron chi connectivity index (χ1n) is 39.9. The van der Waals surface area contributed by atoms with Crippen molar-refractivity contribution in [3.63, 3.8) is 0 Å². The molecule has 2 atom stereocenters. The number of ether oxygens (including phenoxy) is 2. The number of hydrogen-bond acceptors (Lipinski definition) is 8. The molecule has 0 amide bonds. The first-order chi connectivity index (χ1) is 48.8. The van der Waals surface area contributed by atoms with Crippen molar-refractivity contribution in [2.45, 2.75) is 328 Å². The Hall–Kier alpha value is -5.15. The van der Waals surface area contributed by atoms with Crippen LogP contribution >= 0.6 is 7.82 Å². The minimum absolute atomic E-state index is 0.0456. The fraction of sp³-hybridized carbons (Fsp3) is 0.618. The van der Waals surface area contributed by atoms with E-state index in [-0.39, 0.29) is 38.6 Å². The summed E-state index contributed by atoms with van der Waals surface area (Å²) in [6, 6.07) is 0. The number of hydrogen-bond donors (Lipinski definition) is 2. The van der Waals surface area contributed by atoms with Gasteiger partial charge in [0.05, 0.1) is 13.2 Å². The summed E-state index contributed by atoms with van der Waals surface area (Å²) in [4.78, 5) is 35.5. The lowest BCUT2D eigenvalue weighted by molar-refractivity contribution is -0.161. The number of allylic oxidation sites excluding steroid dienone is 32. The van der Waals surface area contributed by atoms with Gasteiger partial charge in [0.1, 0.15) is 6.61 Å². The van der Waals surface area contributed by atoms with Crippen molar-refractivity contribution in [1.29, 1.82) is 0 Å². The lowest BCUT2D eigenvalue weighted by atomic mass is 10.0. The highest BCUT2D eigenvalue weighted by Crippen LogP contribution is 2.43. The second kappa shape index (κ2) is 81.8. The third-order valence-electron chi connectivity index (χ3n) is 16.5. The largest absolute Gasteiger partial charge is 0.472 e. The molecule has 9 nitrogen and oxygen atoms in total. The van der Waals surface area contributed by atoms with Crippen molar-refractivity contribution in [3.05, 3.63) is 194 Å². The molecule has 99 heavy (non-hydrogen) atoms. The molecule has 0 aliphatic heterocycles. The van der Waals surface area contributed by atoms with Crippen molar-refractivity contribution in [1.82, 2.24) is 0 Å². The molecule has 560 valence electrons. The number of carbonyl (C=O) groups excluding carboxylic acids is 2. The van der Waals surface area contributed by atoms with E-state index in [2.05, 4.69) is 208 Å². The van der Waals surface area contributed by atoms with Crippen molar-refractivity contribution in [2.75, 3.05) is 26.4 Å². The summed E-state index contributed by atoms with van der Waals surface area (Å²) in [6.07, 6.45) is 124. The normalized spacial score (nSPS) is 13.9. The van der Waals surface area contributed by atoms with Gasteiger partial charge in [0, 0.05) is 19.4 Å². The summed E-state index contributed by atoms with van der Waals surface area (Å²) >= 11 is 0. The lowest BCUT2D eigenvalue weighted by Crippen LogP contribution is -2.29. The van der Waals surface area contributed by atoms with Gasteiger partial charge in [-0.25, -0.2) is 4.57 Å². The SMILES string of the molecule is CC/C=C\C/C=C\C/C=C\C/C=C\C/C=C\C/C=C\C/C=C\C/C=C\C/C=C\C/C=C\CCCCCCCCCCCCC(=O)OC(COC(=O)CCCCCCCCCCCCCCCCCCCC/C=C\C/C=C\C/C=C\C/C=C\C/C=C\C/C=C\CC)COP(=O)(O)OCCN. The Labute approximate surface area is 608 Å². The average molecular weight is 1390 g/mol. The minimum atomic E-state index is -4.41. The molecular formula is C89H146NO8P. The number of nitrogens with two attached hydrogens (primary N) is 1. The second-order valence-electron chi connectivity index (χ2n) is 25.8. The van der Waals surface area contributed by atoms with Crippen LogP contribution in [0.4, 0.5) is 0 Å². The average Bonchev–Trinajstić information content (AvgIpc) is 1.19. The molecule has 0 saturated heterocycles. The third kappa shape index (κ3) is 81.7. The summed E-state index contributed by atoms with van der Waals surface area (Å²) in [7, 11) is -4.41. The van der Waals surface area contributed by atoms with E-state index < -0.39 is 26.5 Å². The van der Waals surface area contributed by atoms with Crippen molar-refractivity contribution in [3.8, 4) is 0 Å². The molecule has 0 aromatic rings. The summed E-state index contributed by atoms with van der Waals surface area (Å²) < 4.78 is 33.3. The molecule has 0 fully saturated rings. The van der Waals surface area contributed by atoms with Crippen LogP contribution in [0.15, 0.2) is 194 Å². The standard InChI is InChI=1S/C89H146NO8P/c1-3-5-7-9-11-13-15-17-19-21-23-25-27-29-31-33-35-37-39-41-42-43-44-46-48-50-52-54-56-58-60-62-64-66-68-70-72-74-76-78-80-82-89(92)98-87(86-97-99(93,94)96-84-83-90)85-95-88(91)81-79-77-75-73-71-69-67-65-63-61-59-57-55-53-51-49-47-45-40-38-36-34-32-30-28-26-24-22-20-18-16-14-12-10-8-6-4-2/h5-8,11-14,17-20,23-26,29-32,35-38,41-42,44,46,50,52,56,58,87H,3-4,9-10,15-16,21-22,27-28,33-34,39-40,43,45,47-49,51,53-55,57,59-86,90H2,1-2H3,(H,93,94)/b7-5-,8-6-,13-11-,14-12-,19-17-,20-18-,25-23-,26-24-,31-29-,32-30-,37-35-,38-36-,42-41-,46-44-,52-50-,58-56-. The number of rotatable bonds is 73. The van der Waals surface area contributed by atoms with Crippen LogP contribution in [-0.2, 0) is 32.7 Å². The lowest BCUT2D eigenvalue weighted by Gasteiger charge is -2.19. The van der Waals surface area contributed by atoms with Crippen molar-refractivity contribution < 1.29 is 37.6 Å². The maximum atomic E-state index is 12.8. The molecule has 0 bridgehead atoms. The van der Waals surface area contributed by atoms with Crippen LogP contribution in [0.5, 0.6) is 0 Å². The molecule has 0 aliphatic carbocycles. The number of phosphoric acid groups is 1. The molecule has 0 spiro atoms. The van der Waals surface area contributed by atoms with Crippen LogP contribution in [-0.4, -0.2) is 49.3 Å². The van der Waals surface area contributed by atoms with Gasteiger partial charge >= 0.3 is 19.8 Å². The van der Waals surface area contributed by atoms with Gasteiger partial charge < -0.3 is 20.1 Å². The van der Waals surface area contributed by atoms with Crippen molar-refractivity contribution in [2.24, 2.45) is 5.73 Å². The molecule has 3 N–H and O–H groups in total.